The molecule has 2 aliphatic heterocycles. The summed E-state index contributed by atoms with van der Waals surface area (Å²) in [4.78, 5) is 35.9. The second kappa shape index (κ2) is 4.83. The number of piperazine rings is 1. The molecule has 6 heteroatoms. The Morgan fingerprint density at radius 2 is 1.94 bits per heavy atom. The lowest BCUT2D eigenvalue weighted by molar-refractivity contribution is -0.148. The van der Waals surface area contributed by atoms with Gasteiger partial charge in [0.1, 0.15) is 13.1 Å². The van der Waals surface area contributed by atoms with E-state index in [2.05, 4.69) is 10.6 Å². The molecular weight excluding hydrogens is 222 g/mol. The summed E-state index contributed by atoms with van der Waals surface area (Å²) in [6, 6.07) is 0.312. The third-order valence-electron chi connectivity index (χ3n) is 3.23. The molecule has 0 aromatic rings. The van der Waals surface area contributed by atoms with E-state index in [4.69, 9.17) is 0 Å². The van der Waals surface area contributed by atoms with Gasteiger partial charge in [0.05, 0.1) is 0 Å². The minimum absolute atomic E-state index is 0.00286. The Morgan fingerprint density at radius 3 is 2.53 bits per heavy atom. The number of carbonyl (C=O) groups is 3. The van der Waals surface area contributed by atoms with Crippen LogP contribution < -0.4 is 10.6 Å². The lowest BCUT2D eigenvalue weighted by atomic mass is 9.92. The molecule has 0 saturated carbocycles. The fourth-order valence-electron chi connectivity index (χ4n) is 2.41. The number of carbonyl (C=O) groups excluding carboxylic acids is 3. The fourth-order valence-corrected chi connectivity index (χ4v) is 2.41. The molecular formula is C11H17N3O3. The van der Waals surface area contributed by atoms with Crippen molar-refractivity contribution in [1.29, 1.82) is 0 Å². The predicted molar refractivity (Wildman–Crippen MR) is 59.9 cm³/mol. The van der Waals surface area contributed by atoms with Crippen molar-refractivity contribution in [1.82, 2.24) is 15.5 Å². The van der Waals surface area contributed by atoms with Crippen LogP contribution in [0.3, 0.4) is 0 Å². The van der Waals surface area contributed by atoms with Gasteiger partial charge in [-0.15, -0.1) is 0 Å². The zero-order valence-corrected chi connectivity index (χ0v) is 9.86. The van der Waals surface area contributed by atoms with Crippen molar-refractivity contribution >= 4 is 17.7 Å². The van der Waals surface area contributed by atoms with E-state index in [1.165, 1.54) is 4.90 Å². The molecule has 3 amide bonds. The third-order valence-corrected chi connectivity index (χ3v) is 3.23. The molecule has 94 valence electrons. The van der Waals surface area contributed by atoms with Gasteiger partial charge in [0.15, 0.2) is 0 Å². The summed E-state index contributed by atoms with van der Waals surface area (Å²) in [6.07, 6.45) is 1.54. The molecule has 0 spiro atoms. The van der Waals surface area contributed by atoms with Crippen molar-refractivity contribution in [3.05, 3.63) is 0 Å². The van der Waals surface area contributed by atoms with Gasteiger partial charge < -0.3 is 10.2 Å². The number of nitrogens with one attached hydrogen (secondary N) is 2. The highest BCUT2D eigenvalue weighted by Gasteiger charge is 2.32. The second-order valence-corrected chi connectivity index (χ2v) is 4.74. The van der Waals surface area contributed by atoms with Crippen LogP contribution in [0, 0.1) is 5.92 Å². The molecule has 2 saturated heterocycles. The minimum atomic E-state index is -0.392. The van der Waals surface area contributed by atoms with Crippen LogP contribution in [0.2, 0.25) is 0 Å². The summed E-state index contributed by atoms with van der Waals surface area (Å²) in [5.41, 5.74) is 0. The molecule has 2 rings (SSSR count). The van der Waals surface area contributed by atoms with Crippen molar-refractivity contribution in [2.24, 2.45) is 5.92 Å². The van der Waals surface area contributed by atoms with Gasteiger partial charge in [-0.3, -0.25) is 19.7 Å². The number of rotatable bonds is 1. The van der Waals surface area contributed by atoms with Crippen molar-refractivity contribution in [3.8, 4) is 0 Å². The Bertz CT molecular complexity index is 340. The molecule has 6 nitrogen and oxygen atoms in total. The maximum Gasteiger partial charge on any atom is 0.246 e. The molecule has 2 fully saturated rings. The molecule has 2 aliphatic rings. The third kappa shape index (κ3) is 2.82. The van der Waals surface area contributed by atoms with Gasteiger partial charge in [-0.2, -0.15) is 0 Å². The molecule has 0 bridgehead atoms. The number of hydrogen-bond donors (Lipinski definition) is 2. The summed E-state index contributed by atoms with van der Waals surface area (Å²) < 4.78 is 0. The van der Waals surface area contributed by atoms with Crippen LogP contribution in [0.25, 0.3) is 0 Å². The lowest BCUT2D eigenvalue weighted by Gasteiger charge is -2.33. The number of hydrogen-bond acceptors (Lipinski definition) is 4. The van der Waals surface area contributed by atoms with Crippen LogP contribution in [0.4, 0.5) is 0 Å². The van der Waals surface area contributed by atoms with Gasteiger partial charge in [0.2, 0.25) is 17.7 Å². The summed E-state index contributed by atoms with van der Waals surface area (Å²) >= 11 is 0. The minimum Gasteiger partial charge on any atom is -0.324 e. The number of imide groups is 1. The number of nitrogens with zero attached hydrogens (tertiary/aromatic N) is 1. The first-order valence-corrected chi connectivity index (χ1v) is 5.91. The lowest BCUT2D eigenvalue weighted by Crippen LogP contribution is -2.55. The maximum absolute atomic E-state index is 12.2. The summed E-state index contributed by atoms with van der Waals surface area (Å²) in [7, 11) is 0. The van der Waals surface area contributed by atoms with Crippen LogP contribution >= 0.6 is 0 Å². The first-order chi connectivity index (χ1) is 8.06. The van der Waals surface area contributed by atoms with Crippen LogP contribution in [0.1, 0.15) is 19.8 Å². The molecule has 0 aliphatic carbocycles. The monoisotopic (exact) mass is 239 g/mol. The number of amides is 3. The van der Waals surface area contributed by atoms with Crippen molar-refractivity contribution < 1.29 is 14.4 Å². The molecule has 2 unspecified atom stereocenters. The van der Waals surface area contributed by atoms with Gasteiger partial charge in [0, 0.05) is 12.0 Å². The quantitative estimate of drug-likeness (QED) is 0.567. The highest BCUT2D eigenvalue weighted by molar-refractivity contribution is 6.02. The van der Waals surface area contributed by atoms with E-state index in [0.29, 0.717) is 6.04 Å². The summed E-state index contributed by atoms with van der Waals surface area (Å²) in [5, 5.41) is 5.46. The largest absolute Gasteiger partial charge is 0.324 e. The highest BCUT2D eigenvalue weighted by atomic mass is 16.2. The summed E-state index contributed by atoms with van der Waals surface area (Å²) in [5.74, 6) is -0.917. The van der Waals surface area contributed by atoms with E-state index in [0.717, 1.165) is 19.4 Å². The van der Waals surface area contributed by atoms with Crippen LogP contribution in [0.15, 0.2) is 0 Å². The summed E-state index contributed by atoms with van der Waals surface area (Å²) in [6.45, 7) is 2.85. The molecule has 2 N–H and O–H groups in total. The van der Waals surface area contributed by atoms with E-state index < -0.39 is 11.8 Å². The van der Waals surface area contributed by atoms with Crippen molar-refractivity contribution in [2.75, 3.05) is 19.6 Å². The van der Waals surface area contributed by atoms with E-state index >= 15 is 0 Å². The van der Waals surface area contributed by atoms with E-state index in [1.807, 2.05) is 6.92 Å². The zero-order valence-electron chi connectivity index (χ0n) is 9.86. The Morgan fingerprint density at radius 1 is 1.29 bits per heavy atom. The van der Waals surface area contributed by atoms with Crippen molar-refractivity contribution in [2.45, 2.75) is 25.8 Å². The van der Waals surface area contributed by atoms with E-state index in [9.17, 15) is 14.4 Å². The van der Waals surface area contributed by atoms with Crippen LogP contribution in [-0.4, -0.2) is 48.3 Å². The Kier molecular flexibility index (Phi) is 3.42. The number of piperidine rings is 1. The standard InChI is InChI=1S/C11H17N3O3/c1-7-4-8(2-3-12-7)11(17)14-5-9(15)13-10(16)6-14/h7-8,12H,2-6H2,1H3,(H,13,15,16). The van der Waals surface area contributed by atoms with Gasteiger partial charge in [-0.05, 0) is 26.3 Å². The normalized spacial score (nSPS) is 30.1. The fraction of sp³-hybridized carbons (Fsp3) is 0.727. The van der Waals surface area contributed by atoms with Gasteiger partial charge >= 0.3 is 0 Å². The molecule has 2 atom stereocenters. The predicted octanol–water partition coefficient (Wildman–Crippen LogP) is -1.14. The average Bonchev–Trinajstić information content (AvgIpc) is 2.26. The Balaban J connectivity index is 1.98. The SMILES string of the molecule is CC1CC(C(=O)N2CC(=O)NC(=O)C2)CCN1. The second-order valence-electron chi connectivity index (χ2n) is 4.74. The molecule has 2 heterocycles. The van der Waals surface area contributed by atoms with E-state index in [-0.39, 0.29) is 24.9 Å². The Labute approximate surface area is 99.7 Å². The topological polar surface area (TPSA) is 78.5 Å². The van der Waals surface area contributed by atoms with Gasteiger partial charge in [0.25, 0.3) is 0 Å². The van der Waals surface area contributed by atoms with Crippen LogP contribution in [0.5, 0.6) is 0 Å². The molecule has 0 aromatic heterocycles. The Hall–Kier alpha value is -1.43. The van der Waals surface area contributed by atoms with Crippen LogP contribution in [-0.2, 0) is 14.4 Å². The zero-order chi connectivity index (χ0) is 12.4. The first kappa shape index (κ1) is 12.0. The molecule has 0 aromatic carbocycles. The first-order valence-electron chi connectivity index (χ1n) is 5.91. The van der Waals surface area contributed by atoms with Gasteiger partial charge in [-0.25, -0.2) is 0 Å². The maximum atomic E-state index is 12.2. The van der Waals surface area contributed by atoms with E-state index in [1.54, 1.807) is 0 Å². The average molecular weight is 239 g/mol. The molecule has 17 heavy (non-hydrogen) atoms. The smallest absolute Gasteiger partial charge is 0.246 e. The van der Waals surface area contributed by atoms with Gasteiger partial charge in [-0.1, -0.05) is 0 Å². The molecule has 0 radical (unpaired) electrons. The highest BCUT2D eigenvalue weighted by Crippen LogP contribution is 2.19. The van der Waals surface area contributed by atoms with Crippen molar-refractivity contribution in [3.63, 3.8) is 0 Å².